The predicted octanol–water partition coefficient (Wildman–Crippen LogP) is 3.21. The van der Waals surface area contributed by atoms with Crippen molar-refractivity contribution < 1.29 is 9.59 Å². The summed E-state index contributed by atoms with van der Waals surface area (Å²) in [6.45, 7) is 6.48. The van der Waals surface area contributed by atoms with Gasteiger partial charge in [-0.05, 0) is 24.6 Å². The molecule has 0 fully saturated rings. The van der Waals surface area contributed by atoms with E-state index in [4.69, 9.17) is 0 Å². The van der Waals surface area contributed by atoms with E-state index in [1.807, 2.05) is 47.0 Å². The zero-order valence-electron chi connectivity index (χ0n) is 16.5. The van der Waals surface area contributed by atoms with Crippen molar-refractivity contribution in [3.8, 4) is 11.4 Å². The van der Waals surface area contributed by atoms with Gasteiger partial charge in [-0.3, -0.25) is 19.7 Å². The van der Waals surface area contributed by atoms with Crippen LogP contribution >= 0.6 is 11.8 Å². The molecule has 0 radical (unpaired) electrons. The van der Waals surface area contributed by atoms with Crippen LogP contribution in [-0.4, -0.2) is 38.2 Å². The monoisotopic (exact) mass is 422 g/mol. The van der Waals surface area contributed by atoms with Gasteiger partial charge in [0, 0.05) is 31.0 Å². The van der Waals surface area contributed by atoms with Gasteiger partial charge in [0.05, 0.1) is 0 Å². The Morgan fingerprint density at radius 3 is 2.57 bits per heavy atom. The highest BCUT2D eigenvalue weighted by Gasteiger charge is 2.27. The molecule has 0 bridgehead atoms. The fourth-order valence-electron chi connectivity index (χ4n) is 2.77. The zero-order chi connectivity index (χ0) is 21.3. The Balaban J connectivity index is 1.94. The van der Waals surface area contributed by atoms with E-state index in [2.05, 4.69) is 32.4 Å². The average Bonchev–Trinajstić information content (AvgIpc) is 3.16. The first kappa shape index (κ1) is 21.3. The summed E-state index contributed by atoms with van der Waals surface area (Å²) in [4.78, 5) is 28.8. The van der Waals surface area contributed by atoms with Gasteiger partial charge in [-0.15, -0.1) is 16.8 Å². The Bertz CT molecular complexity index is 1010. The van der Waals surface area contributed by atoms with Crippen LogP contribution in [0.4, 0.5) is 4.79 Å². The molecule has 154 valence electrons. The maximum Gasteiger partial charge on any atom is 0.321 e. The normalized spacial score (nSPS) is 11.5. The van der Waals surface area contributed by atoms with Crippen molar-refractivity contribution >= 4 is 23.7 Å². The highest BCUT2D eigenvalue weighted by atomic mass is 32.2. The molecule has 3 rings (SSSR count). The van der Waals surface area contributed by atoms with Crippen molar-refractivity contribution in [2.24, 2.45) is 0 Å². The van der Waals surface area contributed by atoms with Crippen LogP contribution < -0.4 is 10.6 Å². The molecule has 2 heterocycles. The highest BCUT2D eigenvalue weighted by molar-refractivity contribution is 8.00. The Hall–Kier alpha value is -3.46. The summed E-state index contributed by atoms with van der Waals surface area (Å²) in [5.74, 6) is 0.214. The fraction of sp³-hybridized carbons (Fsp3) is 0.190. The number of pyridine rings is 1. The number of hydrogen-bond donors (Lipinski definition) is 2. The van der Waals surface area contributed by atoms with E-state index in [1.165, 1.54) is 11.8 Å². The lowest BCUT2D eigenvalue weighted by molar-refractivity contribution is -0.119. The minimum Gasteiger partial charge on any atom is -0.338 e. The van der Waals surface area contributed by atoms with Crippen LogP contribution in [0.3, 0.4) is 0 Å². The highest BCUT2D eigenvalue weighted by Crippen LogP contribution is 2.36. The topological polar surface area (TPSA) is 102 Å². The molecular formula is C21H22N6O2S. The van der Waals surface area contributed by atoms with E-state index in [1.54, 1.807) is 25.4 Å². The minimum absolute atomic E-state index is 0.422. The van der Waals surface area contributed by atoms with Gasteiger partial charge >= 0.3 is 6.03 Å². The van der Waals surface area contributed by atoms with Crippen LogP contribution in [-0.2, 0) is 11.3 Å². The van der Waals surface area contributed by atoms with Gasteiger partial charge in [0.15, 0.2) is 11.0 Å². The quantitative estimate of drug-likeness (QED) is 0.427. The van der Waals surface area contributed by atoms with Crippen molar-refractivity contribution in [1.82, 2.24) is 30.4 Å². The number of rotatable bonds is 8. The summed E-state index contributed by atoms with van der Waals surface area (Å²) >= 11 is 1.23. The predicted molar refractivity (Wildman–Crippen MR) is 116 cm³/mol. The summed E-state index contributed by atoms with van der Waals surface area (Å²) in [5, 5.41) is 13.4. The molecule has 2 N–H and O–H groups in total. The molecule has 1 aromatic carbocycles. The molecule has 9 heteroatoms. The summed E-state index contributed by atoms with van der Waals surface area (Å²) in [6.07, 6.45) is 5.10. The number of hydrogen-bond acceptors (Lipinski definition) is 6. The first-order valence-electron chi connectivity index (χ1n) is 9.38. The Labute approximate surface area is 178 Å². The molecule has 0 spiro atoms. The lowest BCUT2D eigenvalue weighted by atomic mass is 10.1. The van der Waals surface area contributed by atoms with Crippen LogP contribution in [0.25, 0.3) is 11.4 Å². The number of amides is 3. The lowest BCUT2D eigenvalue weighted by Gasteiger charge is -2.17. The Morgan fingerprint density at radius 2 is 1.90 bits per heavy atom. The number of aromatic nitrogens is 4. The third-order valence-corrected chi connectivity index (χ3v) is 5.34. The van der Waals surface area contributed by atoms with Gasteiger partial charge in [-0.1, -0.05) is 48.2 Å². The van der Waals surface area contributed by atoms with Crippen LogP contribution in [0.5, 0.6) is 0 Å². The van der Waals surface area contributed by atoms with Gasteiger partial charge < -0.3 is 5.32 Å². The molecule has 0 saturated heterocycles. The molecule has 3 amide bonds. The standard InChI is InChI=1S/C21H22N6O2S/c1-3-14-27-18(16-10-12-22-13-11-16)25-26-21(27)30-17(15-8-6-5-7-9-15)19(28)24-20(29)23-4-2/h3,5-13,17H,1,4,14H2,2H3,(H2,23,24,28,29)/t17-/m0/s1. The third kappa shape index (κ3) is 5.12. The van der Waals surface area contributed by atoms with E-state index in [0.29, 0.717) is 24.1 Å². The third-order valence-electron chi connectivity index (χ3n) is 4.10. The van der Waals surface area contributed by atoms with E-state index >= 15 is 0 Å². The maximum atomic E-state index is 12.9. The average molecular weight is 423 g/mol. The summed E-state index contributed by atoms with van der Waals surface area (Å²) in [5.41, 5.74) is 1.61. The first-order chi connectivity index (χ1) is 14.6. The van der Waals surface area contributed by atoms with Gasteiger partial charge in [-0.25, -0.2) is 4.79 Å². The number of carbonyl (C=O) groups is 2. The van der Waals surface area contributed by atoms with Crippen molar-refractivity contribution in [2.45, 2.75) is 23.9 Å². The number of imide groups is 1. The molecule has 0 aliphatic heterocycles. The van der Waals surface area contributed by atoms with Gasteiger partial charge in [-0.2, -0.15) is 0 Å². The number of nitrogens with one attached hydrogen (secondary N) is 2. The second kappa shape index (κ2) is 10.4. The van der Waals surface area contributed by atoms with Crippen LogP contribution in [0.1, 0.15) is 17.7 Å². The molecule has 0 unspecified atom stereocenters. The molecule has 3 aromatic rings. The molecule has 2 aromatic heterocycles. The first-order valence-corrected chi connectivity index (χ1v) is 10.3. The Morgan fingerprint density at radius 1 is 1.17 bits per heavy atom. The zero-order valence-corrected chi connectivity index (χ0v) is 17.3. The number of allylic oxidation sites excluding steroid dienone is 1. The number of thioether (sulfide) groups is 1. The van der Waals surface area contributed by atoms with Crippen molar-refractivity contribution in [1.29, 1.82) is 0 Å². The second-order valence-corrected chi connectivity index (χ2v) is 7.27. The van der Waals surface area contributed by atoms with E-state index in [9.17, 15) is 9.59 Å². The molecule has 30 heavy (non-hydrogen) atoms. The summed E-state index contributed by atoms with van der Waals surface area (Å²) in [6, 6.07) is 12.4. The van der Waals surface area contributed by atoms with Crippen LogP contribution in [0.2, 0.25) is 0 Å². The lowest BCUT2D eigenvalue weighted by Crippen LogP contribution is -2.41. The SMILES string of the molecule is C=CCn1c(S[C@H](C(=O)NC(=O)NCC)c2ccccc2)nnc1-c1ccncc1. The van der Waals surface area contributed by atoms with Gasteiger partial charge in [0.2, 0.25) is 5.91 Å². The number of benzene rings is 1. The van der Waals surface area contributed by atoms with Gasteiger partial charge in [0.1, 0.15) is 5.25 Å². The molecule has 8 nitrogen and oxygen atoms in total. The smallest absolute Gasteiger partial charge is 0.321 e. The van der Waals surface area contributed by atoms with Crippen molar-refractivity contribution in [2.75, 3.05) is 6.54 Å². The number of nitrogens with zero attached hydrogens (tertiary/aromatic N) is 4. The summed E-state index contributed by atoms with van der Waals surface area (Å²) < 4.78 is 1.88. The maximum absolute atomic E-state index is 12.9. The van der Waals surface area contributed by atoms with E-state index in [0.717, 1.165) is 11.1 Å². The largest absolute Gasteiger partial charge is 0.338 e. The second-order valence-electron chi connectivity index (χ2n) is 6.20. The van der Waals surface area contributed by atoms with Crippen molar-refractivity contribution in [3.05, 3.63) is 73.1 Å². The van der Waals surface area contributed by atoms with E-state index < -0.39 is 17.2 Å². The fourth-order valence-corrected chi connectivity index (χ4v) is 3.82. The summed E-state index contributed by atoms with van der Waals surface area (Å²) in [7, 11) is 0. The molecule has 0 aliphatic rings. The molecule has 0 aliphatic carbocycles. The van der Waals surface area contributed by atoms with Crippen LogP contribution in [0, 0.1) is 0 Å². The molecule has 0 saturated carbocycles. The van der Waals surface area contributed by atoms with Crippen molar-refractivity contribution in [3.63, 3.8) is 0 Å². The van der Waals surface area contributed by atoms with E-state index in [-0.39, 0.29) is 0 Å². The minimum atomic E-state index is -0.688. The van der Waals surface area contributed by atoms with Gasteiger partial charge in [0.25, 0.3) is 0 Å². The Kier molecular flexibility index (Phi) is 7.34. The van der Waals surface area contributed by atoms with Crippen LogP contribution in [0.15, 0.2) is 72.7 Å². The number of carbonyl (C=O) groups excluding carboxylic acids is 2. The number of urea groups is 1. The molecular weight excluding hydrogens is 400 g/mol. The molecule has 1 atom stereocenters.